The minimum Gasteiger partial charge on any atom is -0.295 e. The molecule has 0 radical (unpaired) electrons. The smallest absolute Gasteiger partial charge is 0.295 e. The molecule has 4 nitrogen and oxygen atoms in total. The summed E-state index contributed by atoms with van der Waals surface area (Å²) < 4.78 is 45.1. The lowest BCUT2D eigenvalue weighted by molar-refractivity contribution is -0.137. The number of hydrogen-bond acceptors (Lipinski definition) is 2. The van der Waals surface area contributed by atoms with Crippen LogP contribution in [0.25, 0.3) is 44.2 Å². The van der Waals surface area contributed by atoms with Crippen molar-refractivity contribution in [3.63, 3.8) is 0 Å². The number of nitrogens with zero attached hydrogens (tertiary/aromatic N) is 3. The van der Waals surface area contributed by atoms with Crippen LogP contribution in [0.5, 0.6) is 0 Å². The molecule has 0 spiro atoms. The summed E-state index contributed by atoms with van der Waals surface area (Å²) in [7, 11) is 3.25. The van der Waals surface area contributed by atoms with Crippen LogP contribution in [-0.4, -0.2) is 14.1 Å². The highest BCUT2D eigenvalue weighted by Crippen LogP contribution is 2.40. The summed E-state index contributed by atoms with van der Waals surface area (Å²) in [6.45, 7) is 6.34. The molecular formula is C29H26F3N3O. The molecule has 5 aromatic rings. The molecule has 0 bridgehead atoms. The van der Waals surface area contributed by atoms with Crippen LogP contribution in [-0.2, 0) is 25.7 Å². The van der Waals surface area contributed by atoms with Crippen molar-refractivity contribution in [2.24, 2.45) is 14.1 Å². The minimum absolute atomic E-state index is 0.0242. The van der Waals surface area contributed by atoms with E-state index >= 15 is 0 Å². The molecule has 0 saturated carbocycles. The maximum absolute atomic E-state index is 14.1. The Morgan fingerprint density at radius 1 is 0.778 bits per heavy atom. The summed E-state index contributed by atoms with van der Waals surface area (Å²) in [6.07, 6.45) is -3.68. The highest BCUT2D eigenvalue weighted by Gasteiger charge is 2.35. The van der Waals surface area contributed by atoms with Gasteiger partial charge in [-0.1, -0.05) is 51.1 Å². The maximum Gasteiger partial charge on any atom is 0.418 e. The van der Waals surface area contributed by atoms with Gasteiger partial charge < -0.3 is 0 Å². The molecule has 0 amide bonds. The van der Waals surface area contributed by atoms with Crippen LogP contribution in [0.15, 0.2) is 71.7 Å². The SMILES string of the molecule is Cn1c(=O)n(C)c2cc(-c3cc(-c4cc(C(C)(C)C)c5ccccc5c4)ncc3C(F)(F)F)ccc21. The third-order valence-electron chi connectivity index (χ3n) is 6.76. The first-order chi connectivity index (χ1) is 16.9. The van der Waals surface area contributed by atoms with E-state index in [1.807, 2.05) is 30.3 Å². The first-order valence-corrected chi connectivity index (χ1v) is 11.6. The van der Waals surface area contributed by atoms with Gasteiger partial charge in [-0.25, -0.2) is 4.79 Å². The number of rotatable bonds is 2. The van der Waals surface area contributed by atoms with Crippen LogP contribution in [0.3, 0.4) is 0 Å². The molecule has 5 rings (SSSR count). The van der Waals surface area contributed by atoms with Crippen LogP contribution in [0, 0.1) is 0 Å². The molecule has 0 aliphatic rings. The second kappa shape index (κ2) is 8.08. The highest BCUT2D eigenvalue weighted by molar-refractivity contribution is 5.91. The largest absolute Gasteiger partial charge is 0.418 e. The van der Waals surface area contributed by atoms with Gasteiger partial charge in [-0.05, 0) is 63.2 Å². The van der Waals surface area contributed by atoms with Gasteiger partial charge in [-0.15, -0.1) is 0 Å². The summed E-state index contributed by atoms with van der Waals surface area (Å²) in [5, 5.41) is 2.11. The van der Waals surface area contributed by atoms with Crippen molar-refractivity contribution in [2.45, 2.75) is 32.4 Å². The van der Waals surface area contributed by atoms with Gasteiger partial charge in [0.15, 0.2) is 0 Å². The van der Waals surface area contributed by atoms with Crippen LogP contribution in [0.2, 0.25) is 0 Å². The van der Waals surface area contributed by atoms with E-state index < -0.39 is 11.7 Å². The molecular weight excluding hydrogens is 463 g/mol. The molecule has 36 heavy (non-hydrogen) atoms. The number of imidazole rings is 1. The van der Waals surface area contributed by atoms with E-state index in [1.165, 1.54) is 15.2 Å². The van der Waals surface area contributed by atoms with Crippen LogP contribution in [0.4, 0.5) is 13.2 Å². The maximum atomic E-state index is 14.1. The first-order valence-electron chi connectivity index (χ1n) is 11.6. The molecule has 0 aliphatic heterocycles. The van der Waals surface area contributed by atoms with E-state index in [4.69, 9.17) is 0 Å². The van der Waals surface area contributed by atoms with Crippen molar-refractivity contribution >= 4 is 21.8 Å². The Kier molecular flexibility index (Phi) is 5.36. The third kappa shape index (κ3) is 3.88. The zero-order valence-electron chi connectivity index (χ0n) is 20.7. The average Bonchev–Trinajstić information content (AvgIpc) is 3.05. The third-order valence-corrected chi connectivity index (χ3v) is 6.76. The standard InChI is InChI=1S/C29H26F3N3O/c1-28(2,3)22-13-19(12-17-8-6-7-9-20(17)22)24-15-21(23(16-33-24)29(30,31)32)18-10-11-25-26(14-18)35(5)27(36)34(25)4/h6-16H,1-5H3. The van der Waals surface area contributed by atoms with Gasteiger partial charge in [-0.2, -0.15) is 13.2 Å². The number of hydrogen-bond donors (Lipinski definition) is 0. The van der Waals surface area contributed by atoms with Crippen molar-refractivity contribution in [1.29, 1.82) is 0 Å². The van der Waals surface area contributed by atoms with Crippen molar-refractivity contribution < 1.29 is 13.2 Å². The van der Waals surface area contributed by atoms with E-state index in [1.54, 1.807) is 32.3 Å². The van der Waals surface area contributed by atoms with Gasteiger partial charge in [0, 0.05) is 25.9 Å². The van der Waals surface area contributed by atoms with Gasteiger partial charge in [0.25, 0.3) is 0 Å². The lowest BCUT2D eigenvalue weighted by atomic mass is 9.82. The number of benzene rings is 3. The number of alkyl halides is 3. The summed E-state index contributed by atoms with van der Waals surface area (Å²) in [5.74, 6) is 0. The van der Waals surface area contributed by atoms with Gasteiger partial charge in [0.1, 0.15) is 0 Å². The Labute approximate surface area is 206 Å². The van der Waals surface area contributed by atoms with Crippen molar-refractivity contribution in [2.75, 3.05) is 0 Å². The summed E-state index contributed by atoms with van der Waals surface area (Å²) in [6, 6.07) is 18.4. The minimum atomic E-state index is -4.58. The Balaban J connectivity index is 1.77. The van der Waals surface area contributed by atoms with Gasteiger partial charge in [-0.3, -0.25) is 14.1 Å². The lowest BCUT2D eigenvalue weighted by Gasteiger charge is -2.23. The Morgan fingerprint density at radius 3 is 2.17 bits per heavy atom. The van der Waals surface area contributed by atoms with Crippen LogP contribution >= 0.6 is 0 Å². The predicted octanol–water partition coefficient (Wildman–Crippen LogP) is 7.08. The number of fused-ring (bicyclic) bond motifs is 2. The molecule has 0 aliphatic carbocycles. The van der Waals surface area contributed by atoms with Crippen molar-refractivity contribution in [3.05, 3.63) is 88.5 Å². The normalized spacial score (nSPS) is 12.6. The van der Waals surface area contributed by atoms with Gasteiger partial charge >= 0.3 is 11.9 Å². The van der Waals surface area contributed by atoms with Crippen LogP contribution < -0.4 is 5.69 Å². The first kappa shape index (κ1) is 23.9. The van der Waals surface area contributed by atoms with E-state index in [9.17, 15) is 18.0 Å². The molecule has 7 heteroatoms. The zero-order chi connectivity index (χ0) is 26.0. The topological polar surface area (TPSA) is 39.8 Å². The predicted molar refractivity (Wildman–Crippen MR) is 138 cm³/mol. The number of halogens is 3. The fourth-order valence-corrected chi connectivity index (χ4v) is 4.83. The van der Waals surface area contributed by atoms with E-state index in [2.05, 4.69) is 31.8 Å². The van der Waals surface area contributed by atoms with Gasteiger partial charge in [0.05, 0.1) is 22.3 Å². The fourth-order valence-electron chi connectivity index (χ4n) is 4.83. The second-order valence-electron chi connectivity index (χ2n) is 10.2. The summed E-state index contributed by atoms with van der Waals surface area (Å²) in [5.41, 5.74) is 2.69. The van der Waals surface area contributed by atoms with E-state index in [-0.39, 0.29) is 16.7 Å². The molecule has 3 aromatic carbocycles. The molecule has 184 valence electrons. The number of aryl methyl sites for hydroxylation is 2. The Bertz CT molecular complexity index is 1700. The number of pyridine rings is 1. The quantitative estimate of drug-likeness (QED) is 0.266. The van der Waals surface area contributed by atoms with Gasteiger partial charge in [0.2, 0.25) is 0 Å². The van der Waals surface area contributed by atoms with Crippen molar-refractivity contribution in [1.82, 2.24) is 14.1 Å². The monoisotopic (exact) mass is 489 g/mol. The molecule has 0 atom stereocenters. The zero-order valence-corrected chi connectivity index (χ0v) is 20.7. The van der Waals surface area contributed by atoms with Crippen molar-refractivity contribution in [3.8, 4) is 22.4 Å². The van der Waals surface area contributed by atoms with E-state index in [0.717, 1.165) is 28.1 Å². The number of aromatic nitrogens is 3. The van der Waals surface area contributed by atoms with E-state index in [0.29, 0.717) is 22.3 Å². The molecule has 0 fully saturated rings. The summed E-state index contributed by atoms with van der Waals surface area (Å²) >= 11 is 0. The fraction of sp³-hybridized carbons (Fsp3) is 0.241. The second-order valence-corrected chi connectivity index (χ2v) is 10.2. The molecule has 2 heterocycles. The Hall–Kier alpha value is -3.87. The molecule has 0 N–H and O–H groups in total. The molecule has 0 saturated heterocycles. The lowest BCUT2D eigenvalue weighted by Crippen LogP contribution is -2.19. The highest BCUT2D eigenvalue weighted by atomic mass is 19.4. The molecule has 0 unspecified atom stereocenters. The van der Waals surface area contributed by atoms with Crippen LogP contribution in [0.1, 0.15) is 31.9 Å². The Morgan fingerprint density at radius 2 is 1.47 bits per heavy atom. The molecule has 2 aromatic heterocycles. The average molecular weight is 490 g/mol. The summed E-state index contributed by atoms with van der Waals surface area (Å²) in [4.78, 5) is 16.6.